The largest absolute Gasteiger partial charge is 0.389 e. The van der Waals surface area contributed by atoms with Gasteiger partial charge in [0.15, 0.2) is 0 Å². The molecule has 0 spiro atoms. The second-order valence-electron chi connectivity index (χ2n) is 4.35. The number of hydrogen-bond donors (Lipinski definition) is 2. The number of carbonyl (C=O) groups excluding carboxylic acids is 1. The van der Waals surface area contributed by atoms with E-state index in [1.165, 1.54) is 0 Å². The molecule has 0 fully saturated rings. The minimum Gasteiger partial charge on any atom is -0.389 e. The molecule has 0 aliphatic rings. The second kappa shape index (κ2) is 6.39. The highest BCUT2D eigenvalue weighted by Crippen LogP contribution is 2.25. The Morgan fingerprint density at radius 2 is 2.00 bits per heavy atom. The van der Waals surface area contributed by atoms with Crippen LogP contribution in [-0.4, -0.2) is 11.0 Å². The SMILES string of the molecule is CC(O)c1ccccc1NC(=O)c1ccc(Cl)c(Br)c1. The van der Waals surface area contributed by atoms with Crippen molar-refractivity contribution >= 4 is 39.1 Å². The Morgan fingerprint density at radius 3 is 2.65 bits per heavy atom. The van der Waals surface area contributed by atoms with Crippen LogP contribution in [0, 0.1) is 0 Å². The van der Waals surface area contributed by atoms with Gasteiger partial charge in [0.2, 0.25) is 0 Å². The number of nitrogens with one attached hydrogen (secondary N) is 1. The molecule has 2 aromatic rings. The van der Waals surface area contributed by atoms with Crippen molar-refractivity contribution in [1.82, 2.24) is 0 Å². The summed E-state index contributed by atoms with van der Waals surface area (Å²) in [5.74, 6) is -0.254. The van der Waals surface area contributed by atoms with Gasteiger partial charge in [0, 0.05) is 21.3 Å². The third-order valence-corrected chi connectivity index (χ3v) is 4.05. The van der Waals surface area contributed by atoms with E-state index in [0.29, 0.717) is 26.3 Å². The molecule has 1 unspecified atom stereocenters. The van der Waals surface area contributed by atoms with Gasteiger partial charge < -0.3 is 10.4 Å². The number of benzene rings is 2. The topological polar surface area (TPSA) is 49.3 Å². The quantitative estimate of drug-likeness (QED) is 0.858. The number of anilines is 1. The number of rotatable bonds is 3. The van der Waals surface area contributed by atoms with Crippen LogP contribution in [0.2, 0.25) is 5.02 Å². The molecular formula is C15H13BrClNO2. The molecule has 0 heterocycles. The smallest absolute Gasteiger partial charge is 0.255 e. The highest BCUT2D eigenvalue weighted by atomic mass is 79.9. The summed E-state index contributed by atoms with van der Waals surface area (Å²) in [5.41, 5.74) is 1.76. The minimum absolute atomic E-state index is 0.254. The summed E-state index contributed by atoms with van der Waals surface area (Å²) in [6.07, 6.45) is -0.650. The molecule has 20 heavy (non-hydrogen) atoms. The first kappa shape index (κ1) is 15.0. The Labute approximate surface area is 130 Å². The van der Waals surface area contributed by atoms with E-state index in [2.05, 4.69) is 21.2 Å². The van der Waals surface area contributed by atoms with Crippen LogP contribution in [0.5, 0.6) is 0 Å². The van der Waals surface area contributed by atoms with E-state index < -0.39 is 6.10 Å². The van der Waals surface area contributed by atoms with Crippen LogP contribution in [-0.2, 0) is 0 Å². The highest BCUT2D eigenvalue weighted by Gasteiger charge is 2.12. The number of aliphatic hydroxyl groups excluding tert-OH is 1. The molecule has 1 amide bonds. The molecule has 0 saturated carbocycles. The molecular weight excluding hydrogens is 342 g/mol. The monoisotopic (exact) mass is 353 g/mol. The lowest BCUT2D eigenvalue weighted by atomic mass is 10.1. The van der Waals surface area contributed by atoms with Gasteiger partial charge in [-0.1, -0.05) is 29.8 Å². The lowest BCUT2D eigenvalue weighted by Gasteiger charge is -2.13. The second-order valence-corrected chi connectivity index (χ2v) is 5.61. The third-order valence-electron chi connectivity index (χ3n) is 2.84. The molecule has 0 bridgehead atoms. The number of aliphatic hydroxyl groups is 1. The molecule has 0 saturated heterocycles. The van der Waals surface area contributed by atoms with Crippen molar-refractivity contribution in [2.75, 3.05) is 5.32 Å². The zero-order valence-electron chi connectivity index (χ0n) is 10.7. The Hall–Kier alpha value is -1.36. The van der Waals surface area contributed by atoms with E-state index in [1.807, 2.05) is 6.07 Å². The van der Waals surface area contributed by atoms with Crippen molar-refractivity contribution in [2.45, 2.75) is 13.0 Å². The van der Waals surface area contributed by atoms with Crippen molar-refractivity contribution in [3.63, 3.8) is 0 Å². The summed E-state index contributed by atoms with van der Waals surface area (Å²) in [6, 6.07) is 12.1. The maximum absolute atomic E-state index is 12.2. The number of carbonyl (C=O) groups is 1. The van der Waals surface area contributed by atoms with Gasteiger partial charge in [0.1, 0.15) is 0 Å². The van der Waals surface area contributed by atoms with Gasteiger partial charge in [-0.15, -0.1) is 0 Å². The molecule has 0 radical (unpaired) electrons. The number of hydrogen-bond acceptors (Lipinski definition) is 2. The van der Waals surface area contributed by atoms with E-state index in [1.54, 1.807) is 43.3 Å². The summed E-state index contributed by atoms with van der Waals surface area (Å²) in [6.45, 7) is 1.66. The van der Waals surface area contributed by atoms with Crippen LogP contribution in [0.4, 0.5) is 5.69 Å². The van der Waals surface area contributed by atoms with E-state index in [4.69, 9.17) is 11.6 Å². The minimum atomic E-state index is -0.650. The third kappa shape index (κ3) is 3.39. The van der Waals surface area contributed by atoms with Crippen LogP contribution in [0.15, 0.2) is 46.9 Å². The van der Waals surface area contributed by atoms with Gasteiger partial charge in [0.25, 0.3) is 5.91 Å². The van der Waals surface area contributed by atoms with Crippen LogP contribution in [0.3, 0.4) is 0 Å². The maximum atomic E-state index is 12.2. The lowest BCUT2D eigenvalue weighted by Crippen LogP contribution is -2.14. The molecule has 1 atom stereocenters. The number of para-hydroxylation sites is 1. The molecule has 0 aromatic heterocycles. The summed E-state index contributed by atoms with van der Waals surface area (Å²) in [4.78, 5) is 12.2. The van der Waals surface area contributed by atoms with Gasteiger partial charge in [-0.05, 0) is 47.1 Å². The zero-order chi connectivity index (χ0) is 14.7. The molecule has 104 valence electrons. The van der Waals surface area contributed by atoms with E-state index in [0.717, 1.165) is 0 Å². The summed E-state index contributed by atoms with van der Waals surface area (Å²) < 4.78 is 0.663. The summed E-state index contributed by atoms with van der Waals surface area (Å²) in [7, 11) is 0. The van der Waals surface area contributed by atoms with Crippen molar-refractivity contribution in [1.29, 1.82) is 0 Å². The predicted molar refractivity (Wildman–Crippen MR) is 84.2 cm³/mol. The molecule has 5 heteroatoms. The Bertz CT molecular complexity index is 644. The molecule has 0 aliphatic carbocycles. The normalized spacial score (nSPS) is 12.0. The maximum Gasteiger partial charge on any atom is 0.255 e. The van der Waals surface area contributed by atoms with Crippen molar-refractivity contribution in [3.8, 4) is 0 Å². The van der Waals surface area contributed by atoms with E-state index >= 15 is 0 Å². The van der Waals surface area contributed by atoms with E-state index in [-0.39, 0.29) is 5.91 Å². The fourth-order valence-corrected chi connectivity index (χ4v) is 2.30. The van der Waals surface area contributed by atoms with Crippen LogP contribution in [0.1, 0.15) is 28.9 Å². The van der Waals surface area contributed by atoms with Gasteiger partial charge >= 0.3 is 0 Å². The van der Waals surface area contributed by atoms with Crippen LogP contribution >= 0.6 is 27.5 Å². The Kier molecular flexibility index (Phi) is 4.81. The fourth-order valence-electron chi connectivity index (χ4n) is 1.81. The molecule has 0 aliphatic heterocycles. The van der Waals surface area contributed by atoms with Gasteiger partial charge in [-0.3, -0.25) is 4.79 Å². The Morgan fingerprint density at radius 1 is 1.30 bits per heavy atom. The lowest BCUT2D eigenvalue weighted by molar-refractivity contribution is 0.102. The first-order chi connectivity index (χ1) is 9.49. The first-order valence-corrected chi connectivity index (χ1v) is 7.19. The summed E-state index contributed by atoms with van der Waals surface area (Å²) >= 11 is 9.19. The number of halogens is 2. The van der Waals surface area contributed by atoms with Gasteiger partial charge in [0.05, 0.1) is 11.1 Å². The van der Waals surface area contributed by atoms with Crippen molar-refractivity contribution < 1.29 is 9.90 Å². The van der Waals surface area contributed by atoms with E-state index in [9.17, 15) is 9.90 Å². The molecule has 2 aromatic carbocycles. The number of amides is 1. The van der Waals surface area contributed by atoms with Crippen molar-refractivity contribution in [3.05, 3.63) is 63.1 Å². The summed E-state index contributed by atoms with van der Waals surface area (Å²) in [5, 5.41) is 13.0. The van der Waals surface area contributed by atoms with Gasteiger partial charge in [-0.2, -0.15) is 0 Å². The van der Waals surface area contributed by atoms with Crippen LogP contribution < -0.4 is 5.32 Å². The Balaban J connectivity index is 2.26. The van der Waals surface area contributed by atoms with Crippen LogP contribution in [0.25, 0.3) is 0 Å². The molecule has 2 rings (SSSR count). The average molecular weight is 355 g/mol. The zero-order valence-corrected chi connectivity index (χ0v) is 13.1. The standard InChI is InChI=1S/C15H13BrClNO2/c1-9(19)11-4-2-3-5-14(11)18-15(20)10-6-7-13(17)12(16)8-10/h2-9,19H,1H3,(H,18,20). The fraction of sp³-hybridized carbons (Fsp3) is 0.133. The van der Waals surface area contributed by atoms with Gasteiger partial charge in [-0.25, -0.2) is 0 Å². The predicted octanol–water partition coefficient (Wildman–Crippen LogP) is 4.41. The first-order valence-electron chi connectivity index (χ1n) is 6.02. The highest BCUT2D eigenvalue weighted by molar-refractivity contribution is 9.10. The van der Waals surface area contributed by atoms with Crippen molar-refractivity contribution in [2.24, 2.45) is 0 Å². The molecule has 2 N–H and O–H groups in total. The molecule has 3 nitrogen and oxygen atoms in total. The average Bonchev–Trinajstić information content (AvgIpc) is 2.42.